The van der Waals surface area contributed by atoms with Gasteiger partial charge in [-0.15, -0.1) is 0 Å². The second-order valence-electron chi connectivity index (χ2n) is 4.38. The number of hydrogen-bond acceptors (Lipinski definition) is 3. The Morgan fingerprint density at radius 3 is 2.65 bits per heavy atom. The summed E-state index contributed by atoms with van der Waals surface area (Å²) in [6, 6.07) is 0. The zero-order valence-corrected chi connectivity index (χ0v) is 9.86. The number of aromatic amines is 1. The topological polar surface area (TPSA) is 86.3 Å². The van der Waals surface area contributed by atoms with Crippen molar-refractivity contribution in [2.45, 2.75) is 20.3 Å². The Kier molecular flexibility index (Phi) is 2.87. The number of nitrogens with zero attached hydrogens (tertiary/aromatic N) is 2. The van der Waals surface area contributed by atoms with E-state index in [9.17, 15) is 9.59 Å². The molecule has 0 spiro atoms. The molecule has 92 valence electrons. The van der Waals surface area contributed by atoms with E-state index in [-0.39, 0.29) is 12.5 Å². The predicted molar refractivity (Wildman–Crippen MR) is 59.7 cm³/mol. The lowest BCUT2D eigenvalue weighted by Gasteiger charge is -2.15. The van der Waals surface area contributed by atoms with Crippen LogP contribution in [0.1, 0.15) is 28.2 Å². The van der Waals surface area contributed by atoms with Gasteiger partial charge in [0.05, 0.1) is 17.2 Å². The quantitative estimate of drug-likeness (QED) is 0.787. The van der Waals surface area contributed by atoms with Crippen LogP contribution in [-0.2, 0) is 4.79 Å². The average molecular weight is 237 g/mol. The minimum Gasteiger partial charge on any atom is -0.481 e. The van der Waals surface area contributed by atoms with E-state index in [0.717, 1.165) is 5.69 Å². The van der Waals surface area contributed by atoms with Gasteiger partial charge in [0.15, 0.2) is 0 Å². The fraction of sp³-hybridized carbons (Fsp3) is 0.545. The maximum atomic E-state index is 12.2. The molecule has 1 saturated heterocycles. The normalized spacial score (nSPS) is 19.6. The smallest absolute Gasteiger partial charge is 0.308 e. The van der Waals surface area contributed by atoms with E-state index in [2.05, 4.69) is 10.2 Å². The maximum Gasteiger partial charge on any atom is 0.308 e. The van der Waals surface area contributed by atoms with Gasteiger partial charge in [-0.05, 0) is 20.3 Å². The Morgan fingerprint density at radius 2 is 2.18 bits per heavy atom. The Bertz CT molecular complexity index is 447. The van der Waals surface area contributed by atoms with Crippen molar-refractivity contribution in [1.29, 1.82) is 0 Å². The van der Waals surface area contributed by atoms with Crippen molar-refractivity contribution in [3.63, 3.8) is 0 Å². The second kappa shape index (κ2) is 4.20. The van der Waals surface area contributed by atoms with Gasteiger partial charge in [0.1, 0.15) is 0 Å². The zero-order chi connectivity index (χ0) is 12.6. The number of aryl methyl sites for hydroxylation is 2. The molecule has 1 aromatic rings. The summed E-state index contributed by atoms with van der Waals surface area (Å²) in [6.45, 7) is 4.34. The molecular formula is C11H15N3O3. The standard InChI is InChI=1S/C11H15N3O3/c1-6-9(7(2)13-12-6)10(15)14-4-3-8(5-14)11(16)17/h8H,3-5H2,1-2H3,(H,12,13)(H,16,17). The maximum absolute atomic E-state index is 12.2. The average Bonchev–Trinajstić information content (AvgIpc) is 2.85. The van der Waals surface area contributed by atoms with Crippen molar-refractivity contribution < 1.29 is 14.7 Å². The summed E-state index contributed by atoms with van der Waals surface area (Å²) >= 11 is 0. The Labute approximate surface area is 98.6 Å². The van der Waals surface area contributed by atoms with Gasteiger partial charge in [0.25, 0.3) is 5.91 Å². The number of carbonyl (C=O) groups is 2. The number of aliphatic carboxylic acids is 1. The van der Waals surface area contributed by atoms with Gasteiger partial charge in [-0.25, -0.2) is 0 Å². The van der Waals surface area contributed by atoms with Gasteiger partial charge >= 0.3 is 5.97 Å². The van der Waals surface area contributed by atoms with Crippen molar-refractivity contribution in [3.05, 3.63) is 17.0 Å². The van der Waals surface area contributed by atoms with Gasteiger partial charge in [-0.2, -0.15) is 5.10 Å². The van der Waals surface area contributed by atoms with Gasteiger partial charge in [-0.3, -0.25) is 14.7 Å². The van der Waals surface area contributed by atoms with Crippen LogP contribution in [0.3, 0.4) is 0 Å². The van der Waals surface area contributed by atoms with Gasteiger partial charge in [0, 0.05) is 18.8 Å². The number of carboxylic acids is 1. The van der Waals surface area contributed by atoms with E-state index < -0.39 is 11.9 Å². The van der Waals surface area contributed by atoms with Gasteiger partial charge in [-0.1, -0.05) is 0 Å². The number of carboxylic acid groups (broad SMARTS) is 1. The fourth-order valence-electron chi connectivity index (χ4n) is 2.17. The molecule has 17 heavy (non-hydrogen) atoms. The van der Waals surface area contributed by atoms with E-state index in [1.54, 1.807) is 18.7 Å². The summed E-state index contributed by atoms with van der Waals surface area (Å²) in [7, 11) is 0. The molecule has 0 saturated carbocycles. The van der Waals surface area contributed by atoms with E-state index in [1.807, 2.05) is 0 Å². The first-order chi connectivity index (χ1) is 8.00. The molecule has 1 atom stereocenters. The van der Waals surface area contributed by atoms with Gasteiger partial charge in [0.2, 0.25) is 0 Å². The lowest BCUT2D eigenvalue weighted by molar-refractivity contribution is -0.141. The zero-order valence-electron chi connectivity index (χ0n) is 9.86. The summed E-state index contributed by atoms with van der Waals surface area (Å²) in [5, 5.41) is 15.6. The van der Waals surface area contributed by atoms with Crippen molar-refractivity contribution >= 4 is 11.9 Å². The van der Waals surface area contributed by atoms with Crippen LogP contribution in [-0.4, -0.2) is 45.2 Å². The molecule has 1 fully saturated rings. The largest absolute Gasteiger partial charge is 0.481 e. The molecule has 0 aromatic carbocycles. The van der Waals surface area contributed by atoms with E-state index in [0.29, 0.717) is 24.2 Å². The number of amides is 1. The number of carbonyl (C=O) groups excluding carboxylic acids is 1. The van der Waals surface area contributed by atoms with Crippen LogP contribution in [0.15, 0.2) is 0 Å². The summed E-state index contributed by atoms with van der Waals surface area (Å²) in [4.78, 5) is 24.6. The van der Waals surface area contributed by atoms with Crippen LogP contribution in [0.25, 0.3) is 0 Å². The highest BCUT2D eigenvalue weighted by Crippen LogP contribution is 2.21. The predicted octanol–water partition coefficient (Wildman–Crippen LogP) is 0.573. The molecule has 1 aromatic heterocycles. The molecule has 0 aliphatic carbocycles. The second-order valence-corrected chi connectivity index (χ2v) is 4.38. The summed E-state index contributed by atoms with van der Waals surface area (Å²) in [5.41, 5.74) is 1.95. The summed E-state index contributed by atoms with van der Waals surface area (Å²) < 4.78 is 0. The molecule has 1 amide bonds. The molecule has 2 rings (SSSR count). The Hall–Kier alpha value is -1.85. The minimum atomic E-state index is -0.832. The number of nitrogens with one attached hydrogen (secondary N) is 1. The number of H-pyrrole nitrogens is 1. The highest BCUT2D eigenvalue weighted by atomic mass is 16.4. The van der Waals surface area contributed by atoms with Crippen LogP contribution < -0.4 is 0 Å². The number of likely N-dealkylation sites (tertiary alicyclic amines) is 1. The summed E-state index contributed by atoms with van der Waals surface area (Å²) in [6.07, 6.45) is 0.525. The van der Waals surface area contributed by atoms with Crippen LogP contribution in [0.4, 0.5) is 0 Å². The lowest BCUT2D eigenvalue weighted by Crippen LogP contribution is -2.30. The first-order valence-electron chi connectivity index (χ1n) is 5.54. The number of hydrogen-bond donors (Lipinski definition) is 2. The SMILES string of the molecule is Cc1n[nH]c(C)c1C(=O)N1CCC(C(=O)O)C1. The molecule has 1 aliphatic heterocycles. The van der Waals surface area contributed by atoms with E-state index in [4.69, 9.17) is 5.11 Å². The minimum absolute atomic E-state index is 0.127. The third kappa shape index (κ3) is 2.02. The molecule has 6 nitrogen and oxygen atoms in total. The molecule has 0 radical (unpaired) electrons. The first kappa shape index (κ1) is 11.6. The molecule has 6 heteroatoms. The molecular weight excluding hydrogens is 222 g/mol. The van der Waals surface area contributed by atoms with E-state index in [1.165, 1.54) is 0 Å². The highest BCUT2D eigenvalue weighted by Gasteiger charge is 2.32. The third-order valence-electron chi connectivity index (χ3n) is 3.17. The molecule has 2 heterocycles. The van der Waals surface area contributed by atoms with Crippen molar-refractivity contribution in [2.75, 3.05) is 13.1 Å². The monoisotopic (exact) mass is 237 g/mol. The Morgan fingerprint density at radius 1 is 1.47 bits per heavy atom. The molecule has 1 unspecified atom stereocenters. The third-order valence-corrected chi connectivity index (χ3v) is 3.17. The molecule has 1 aliphatic rings. The van der Waals surface area contributed by atoms with Crippen LogP contribution in [0, 0.1) is 19.8 Å². The van der Waals surface area contributed by atoms with Crippen LogP contribution in [0.5, 0.6) is 0 Å². The van der Waals surface area contributed by atoms with Gasteiger partial charge < -0.3 is 10.0 Å². The number of aromatic nitrogens is 2. The van der Waals surface area contributed by atoms with E-state index >= 15 is 0 Å². The number of rotatable bonds is 2. The van der Waals surface area contributed by atoms with Crippen molar-refractivity contribution in [3.8, 4) is 0 Å². The van der Waals surface area contributed by atoms with Crippen LogP contribution >= 0.6 is 0 Å². The highest BCUT2D eigenvalue weighted by molar-refractivity contribution is 5.96. The molecule has 2 N–H and O–H groups in total. The molecule has 0 bridgehead atoms. The van der Waals surface area contributed by atoms with Crippen LogP contribution in [0.2, 0.25) is 0 Å². The lowest BCUT2D eigenvalue weighted by atomic mass is 10.1. The van der Waals surface area contributed by atoms with Crippen molar-refractivity contribution in [1.82, 2.24) is 15.1 Å². The Balaban J connectivity index is 2.15. The summed E-state index contributed by atoms with van der Waals surface area (Å²) in [5.74, 6) is -1.40. The first-order valence-corrected chi connectivity index (χ1v) is 5.54. The fourth-order valence-corrected chi connectivity index (χ4v) is 2.17. The van der Waals surface area contributed by atoms with Crippen molar-refractivity contribution in [2.24, 2.45) is 5.92 Å².